The van der Waals surface area contributed by atoms with Crippen LogP contribution >= 0.6 is 15.9 Å². The Bertz CT molecular complexity index is 622. The molecule has 0 atom stereocenters. The zero-order valence-electron chi connectivity index (χ0n) is 9.74. The van der Waals surface area contributed by atoms with Crippen LogP contribution in [0.4, 0.5) is 5.69 Å². The predicted octanol–water partition coefficient (Wildman–Crippen LogP) is 3.80. The molecule has 0 aromatic heterocycles. The van der Waals surface area contributed by atoms with Crippen molar-refractivity contribution in [2.45, 2.75) is 13.0 Å². The molecule has 90 valence electrons. The van der Waals surface area contributed by atoms with Crippen molar-refractivity contribution in [2.75, 3.05) is 5.32 Å². The molecule has 1 aliphatic heterocycles. The Morgan fingerprint density at radius 1 is 1.06 bits per heavy atom. The van der Waals surface area contributed by atoms with Gasteiger partial charge in [-0.25, -0.2) is 0 Å². The van der Waals surface area contributed by atoms with Crippen LogP contribution in [-0.4, -0.2) is 5.78 Å². The second-order valence-electron chi connectivity index (χ2n) is 4.41. The first kappa shape index (κ1) is 11.5. The number of nitrogens with one attached hydrogen (secondary N) is 1. The molecule has 0 aliphatic carbocycles. The van der Waals surface area contributed by atoms with Crippen LogP contribution in [0.5, 0.6) is 0 Å². The molecule has 0 fully saturated rings. The average Bonchev–Trinajstić information content (AvgIpc) is 2.36. The van der Waals surface area contributed by atoms with Gasteiger partial charge in [0.15, 0.2) is 5.78 Å². The molecule has 3 heteroatoms. The summed E-state index contributed by atoms with van der Waals surface area (Å²) in [5.74, 6) is 0.164. The second-order valence-corrected chi connectivity index (χ2v) is 5.33. The topological polar surface area (TPSA) is 29.1 Å². The van der Waals surface area contributed by atoms with Gasteiger partial charge in [0.2, 0.25) is 0 Å². The van der Waals surface area contributed by atoms with Crippen LogP contribution in [0.3, 0.4) is 0 Å². The Hall–Kier alpha value is -1.61. The Morgan fingerprint density at radius 2 is 1.89 bits per heavy atom. The van der Waals surface area contributed by atoms with Crippen LogP contribution in [0, 0.1) is 0 Å². The van der Waals surface area contributed by atoms with Gasteiger partial charge in [-0.3, -0.25) is 4.79 Å². The standard InChI is InChI=1S/C15H12BrNO/c16-12-6-5-10-9-17-14-4-2-1-3-13(14)15(18)8-11(10)7-12/h1-7,17H,8-9H2. The van der Waals surface area contributed by atoms with E-state index in [-0.39, 0.29) is 5.78 Å². The number of para-hydroxylation sites is 1. The van der Waals surface area contributed by atoms with Gasteiger partial charge in [-0.2, -0.15) is 0 Å². The molecular formula is C15H12BrNO. The zero-order valence-corrected chi connectivity index (χ0v) is 11.3. The maximum Gasteiger partial charge on any atom is 0.169 e. The van der Waals surface area contributed by atoms with Crippen LogP contribution in [-0.2, 0) is 13.0 Å². The number of hydrogen-bond acceptors (Lipinski definition) is 2. The van der Waals surface area contributed by atoms with Gasteiger partial charge in [0.05, 0.1) is 0 Å². The summed E-state index contributed by atoms with van der Waals surface area (Å²) >= 11 is 3.46. The van der Waals surface area contributed by atoms with Gasteiger partial charge in [0.1, 0.15) is 0 Å². The summed E-state index contributed by atoms with van der Waals surface area (Å²) in [5.41, 5.74) is 3.98. The molecule has 1 aliphatic rings. The number of Topliss-reactive ketones (excluding diaryl/α,β-unsaturated/α-hetero) is 1. The maximum atomic E-state index is 12.3. The van der Waals surface area contributed by atoms with E-state index >= 15 is 0 Å². The van der Waals surface area contributed by atoms with Crippen LogP contribution in [0.15, 0.2) is 46.9 Å². The molecule has 0 saturated carbocycles. The lowest BCUT2D eigenvalue weighted by molar-refractivity contribution is 0.0993. The second kappa shape index (κ2) is 4.58. The van der Waals surface area contributed by atoms with Gasteiger partial charge in [-0.15, -0.1) is 0 Å². The minimum atomic E-state index is 0.164. The minimum Gasteiger partial charge on any atom is -0.380 e. The normalized spacial score (nSPS) is 13.9. The molecule has 3 rings (SSSR count). The molecule has 0 saturated heterocycles. The van der Waals surface area contributed by atoms with E-state index in [0.29, 0.717) is 6.42 Å². The third kappa shape index (κ3) is 2.06. The van der Waals surface area contributed by atoms with Crippen molar-refractivity contribution in [3.63, 3.8) is 0 Å². The van der Waals surface area contributed by atoms with E-state index in [0.717, 1.165) is 27.8 Å². The first-order valence-corrected chi connectivity index (χ1v) is 6.67. The SMILES string of the molecule is O=C1Cc2cc(Br)ccc2CNc2ccccc21. The average molecular weight is 302 g/mol. The molecule has 1 heterocycles. The van der Waals surface area contributed by atoms with Gasteiger partial charge in [0.25, 0.3) is 0 Å². The Morgan fingerprint density at radius 3 is 2.78 bits per heavy atom. The summed E-state index contributed by atoms with van der Waals surface area (Å²) in [6.45, 7) is 0.757. The highest BCUT2D eigenvalue weighted by molar-refractivity contribution is 9.10. The molecule has 0 spiro atoms. The molecule has 2 aromatic carbocycles. The van der Waals surface area contributed by atoms with E-state index in [9.17, 15) is 4.79 Å². The Kier molecular flexibility index (Phi) is 2.92. The van der Waals surface area contributed by atoms with Crippen molar-refractivity contribution >= 4 is 27.4 Å². The first-order chi connectivity index (χ1) is 8.74. The highest BCUT2D eigenvalue weighted by Gasteiger charge is 2.17. The summed E-state index contributed by atoms with van der Waals surface area (Å²) < 4.78 is 1.02. The molecular weight excluding hydrogens is 290 g/mol. The van der Waals surface area contributed by atoms with Crippen molar-refractivity contribution < 1.29 is 4.79 Å². The lowest BCUT2D eigenvalue weighted by Gasteiger charge is -2.18. The monoisotopic (exact) mass is 301 g/mol. The fraction of sp³-hybridized carbons (Fsp3) is 0.133. The quantitative estimate of drug-likeness (QED) is 0.802. The van der Waals surface area contributed by atoms with Gasteiger partial charge in [-0.1, -0.05) is 34.1 Å². The van der Waals surface area contributed by atoms with E-state index in [1.807, 2.05) is 36.4 Å². The van der Waals surface area contributed by atoms with Crippen molar-refractivity contribution in [2.24, 2.45) is 0 Å². The van der Waals surface area contributed by atoms with E-state index in [1.165, 1.54) is 5.56 Å². The van der Waals surface area contributed by atoms with Crippen LogP contribution < -0.4 is 5.32 Å². The third-order valence-corrected chi connectivity index (χ3v) is 3.71. The van der Waals surface area contributed by atoms with Gasteiger partial charge < -0.3 is 5.32 Å². The number of benzene rings is 2. The van der Waals surface area contributed by atoms with Crippen molar-refractivity contribution in [3.05, 3.63) is 63.6 Å². The molecule has 1 N–H and O–H groups in total. The fourth-order valence-electron chi connectivity index (χ4n) is 2.27. The fourth-order valence-corrected chi connectivity index (χ4v) is 2.68. The van der Waals surface area contributed by atoms with Crippen LogP contribution in [0.2, 0.25) is 0 Å². The lowest BCUT2D eigenvalue weighted by Crippen LogP contribution is -2.15. The summed E-state index contributed by atoms with van der Waals surface area (Å²) in [5, 5.41) is 3.34. The number of anilines is 1. The molecule has 0 amide bonds. The number of ketones is 1. The van der Waals surface area contributed by atoms with E-state index in [1.54, 1.807) is 0 Å². The molecule has 2 nitrogen and oxygen atoms in total. The summed E-state index contributed by atoms with van der Waals surface area (Å²) in [6, 6.07) is 13.8. The predicted molar refractivity (Wildman–Crippen MR) is 75.9 cm³/mol. The summed E-state index contributed by atoms with van der Waals surface area (Å²) in [4.78, 5) is 12.3. The molecule has 18 heavy (non-hydrogen) atoms. The van der Waals surface area contributed by atoms with Crippen LogP contribution in [0.25, 0.3) is 0 Å². The molecule has 0 radical (unpaired) electrons. The molecule has 0 bridgehead atoms. The van der Waals surface area contributed by atoms with Crippen molar-refractivity contribution in [1.82, 2.24) is 0 Å². The summed E-state index contributed by atoms with van der Waals surface area (Å²) in [6.07, 6.45) is 0.466. The van der Waals surface area contributed by atoms with Crippen LogP contribution in [0.1, 0.15) is 21.5 Å². The van der Waals surface area contributed by atoms with Gasteiger partial charge in [-0.05, 0) is 35.4 Å². The number of carbonyl (C=O) groups excluding carboxylic acids is 1. The third-order valence-electron chi connectivity index (χ3n) is 3.22. The zero-order chi connectivity index (χ0) is 12.5. The Balaban J connectivity index is 2.06. The number of halogens is 1. The number of hydrogen-bond donors (Lipinski definition) is 1. The molecule has 0 unspecified atom stereocenters. The minimum absolute atomic E-state index is 0.164. The Labute approximate surface area is 114 Å². The summed E-state index contributed by atoms with van der Waals surface area (Å²) in [7, 11) is 0. The number of rotatable bonds is 0. The van der Waals surface area contributed by atoms with E-state index in [2.05, 4.69) is 27.3 Å². The maximum absolute atomic E-state index is 12.3. The first-order valence-electron chi connectivity index (χ1n) is 5.87. The number of carbonyl (C=O) groups is 1. The van der Waals surface area contributed by atoms with E-state index < -0.39 is 0 Å². The highest BCUT2D eigenvalue weighted by Crippen LogP contribution is 2.25. The van der Waals surface area contributed by atoms with Crippen molar-refractivity contribution in [1.29, 1.82) is 0 Å². The smallest absolute Gasteiger partial charge is 0.169 e. The largest absolute Gasteiger partial charge is 0.380 e. The number of fused-ring (bicyclic) bond motifs is 2. The molecule has 2 aromatic rings. The lowest BCUT2D eigenvalue weighted by atomic mass is 9.95. The van der Waals surface area contributed by atoms with Gasteiger partial charge >= 0.3 is 0 Å². The highest BCUT2D eigenvalue weighted by atomic mass is 79.9. The van der Waals surface area contributed by atoms with Gasteiger partial charge in [0, 0.05) is 28.7 Å². The van der Waals surface area contributed by atoms with Crippen molar-refractivity contribution in [3.8, 4) is 0 Å². The van der Waals surface area contributed by atoms with E-state index in [4.69, 9.17) is 0 Å².